The predicted octanol–water partition coefficient (Wildman–Crippen LogP) is 3.89. The highest BCUT2D eigenvalue weighted by Crippen LogP contribution is 2.19. The third-order valence-corrected chi connectivity index (χ3v) is 4.09. The molecule has 0 spiro atoms. The van der Waals surface area contributed by atoms with Crippen molar-refractivity contribution >= 4 is 11.3 Å². The molecular weight excluding hydrogens is 252 g/mol. The second kappa shape index (κ2) is 8.51. The first-order valence-corrected chi connectivity index (χ1v) is 7.97. The van der Waals surface area contributed by atoms with Gasteiger partial charge in [0.25, 0.3) is 0 Å². The highest BCUT2D eigenvalue weighted by atomic mass is 32.1. The molecule has 19 heavy (non-hydrogen) atoms. The van der Waals surface area contributed by atoms with Crippen molar-refractivity contribution < 1.29 is 0 Å². The minimum atomic E-state index is 0.558. The molecule has 0 saturated heterocycles. The molecule has 0 radical (unpaired) electrons. The molecule has 0 saturated carbocycles. The summed E-state index contributed by atoms with van der Waals surface area (Å²) < 4.78 is 0. The molecule has 2 nitrogen and oxygen atoms in total. The summed E-state index contributed by atoms with van der Waals surface area (Å²) in [7, 11) is 0. The molecule has 3 heteroatoms. The summed E-state index contributed by atoms with van der Waals surface area (Å²) in [6.45, 7) is 16.9. The summed E-state index contributed by atoms with van der Waals surface area (Å²) in [4.78, 5) is 5.30. The molecule has 1 heterocycles. The Hall–Kier alpha value is -0.640. The molecule has 1 N–H and O–H groups in total. The Morgan fingerprint density at radius 2 is 1.95 bits per heavy atom. The maximum atomic E-state index is 3.84. The van der Waals surface area contributed by atoms with Crippen molar-refractivity contribution in [3.63, 3.8) is 0 Å². The molecule has 0 amide bonds. The van der Waals surface area contributed by atoms with E-state index in [4.69, 9.17) is 0 Å². The van der Waals surface area contributed by atoms with Crippen molar-refractivity contribution in [2.24, 2.45) is 5.92 Å². The van der Waals surface area contributed by atoms with E-state index in [0.29, 0.717) is 12.0 Å². The minimum Gasteiger partial charge on any atom is -0.312 e. The summed E-state index contributed by atoms with van der Waals surface area (Å²) in [5.74, 6) is 0.712. The molecule has 1 aromatic rings. The van der Waals surface area contributed by atoms with Crippen LogP contribution in [-0.4, -0.2) is 24.0 Å². The van der Waals surface area contributed by atoms with Crippen molar-refractivity contribution in [1.82, 2.24) is 10.2 Å². The van der Waals surface area contributed by atoms with Crippen LogP contribution in [0.2, 0.25) is 0 Å². The van der Waals surface area contributed by atoms with E-state index in [1.807, 2.05) is 17.4 Å². The lowest BCUT2D eigenvalue weighted by molar-refractivity contribution is 0.239. The van der Waals surface area contributed by atoms with Gasteiger partial charge in [0.1, 0.15) is 0 Å². The van der Waals surface area contributed by atoms with Crippen LogP contribution in [0.3, 0.4) is 0 Å². The molecule has 0 unspecified atom stereocenters. The quantitative estimate of drug-likeness (QED) is 0.690. The van der Waals surface area contributed by atoms with Crippen LogP contribution in [0.4, 0.5) is 0 Å². The zero-order valence-corrected chi connectivity index (χ0v) is 13.6. The molecule has 0 bridgehead atoms. The van der Waals surface area contributed by atoms with E-state index in [-0.39, 0.29) is 0 Å². The van der Waals surface area contributed by atoms with Gasteiger partial charge in [-0.25, -0.2) is 0 Å². The minimum absolute atomic E-state index is 0.558. The lowest BCUT2D eigenvalue weighted by Gasteiger charge is -2.24. The first-order valence-electron chi connectivity index (χ1n) is 7.16. The van der Waals surface area contributed by atoms with Crippen LogP contribution in [0.25, 0.3) is 0 Å². The first kappa shape index (κ1) is 16.4. The summed E-state index contributed by atoms with van der Waals surface area (Å²) in [6.07, 6.45) is 1.98. The van der Waals surface area contributed by atoms with Crippen molar-refractivity contribution in [2.75, 3.05) is 13.1 Å². The van der Waals surface area contributed by atoms with Gasteiger partial charge >= 0.3 is 0 Å². The first-order chi connectivity index (χ1) is 9.02. The standard InChI is InChI=1S/C16H28N2S/c1-6-9-18(14(4)5)12-16-8-7-15(19-16)11-17-10-13(2)3/h6-8,13-14,17H,1,9-12H2,2-5H3. The third-order valence-electron chi connectivity index (χ3n) is 3.02. The SMILES string of the molecule is C=CCN(Cc1ccc(CNCC(C)C)s1)C(C)C. The number of thiophene rings is 1. The summed E-state index contributed by atoms with van der Waals surface area (Å²) in [6, 6.07) is 5.07. The average molecular weight is 280 g/mol. The van der Waals surface area contributed by atoms with Crippen molar-refractivity contribution in [1.29, 1.82) is 0 Å². The predicted molar refractivity (Wildman–Crippen MR) is 86.6 cm³/mol. The maximum Gasteiger partial charge on any atom is 0.0334 e. The molecule has 1 rings (SSSR count). The van der Waals surface area contributed by atoms with Crippen LogP contribution in [0, 0.1) is 5.92 Å². The Morgan fingerprint density at radius 3 is 2.53 bits per heavy atom. The summed E-state index contributed by atoms with van der Waals surface area (Å²) in [5, 5.41) is 3.50. The Morgan fingerprint density at radius 1 is 1.26 bits per heavy atom. The molecule has 0 aliphatic carbocycles. The largest absolute Gasteiger partial charge is 0.312 e. The van der Waals surface area contributed by atoms with Crippen LogP contribution in [0.1, 0.15) is 37.4 Å². The van der Waals surface area contributed by atoms with E-state index in [0.717, 1.165) is 26.2 Å². The monoisotopic (exact) mass is 280 g/mol. The number of rotatable bonds is 9. The Bertz CT molecular complexity index is 369. The van der Waals surface area contributed by atoms with Gasteiger partial charge in [-0.05, 0) is 38.4 Å². The van der Waals surface area contributed by atoms with E-state index < -0.39 is 0 Å². The maximum absolute atomic E-state index is 3.84. The summed E-state index contributed by atoms with van der Waals surface area (Å²) >= 11 is 1.92. The number of hydrogen-bond donors (Lipinski definition) is 1. The fraction of sp³-hybridized carbons (Fsp3) is 0.625. The molecule has 0 fully saturated rings. The van der Waals surface area contributed by atoms with Gasteiger partial charge in [-0.2, -0.15) is 0 Å². The van der Waals surface area contributed by atoms with Gasteiger partial charge in [0.2, 0.25) is 0 Å². The Balaban J connectivity index is 2.46. The lowest BCUT2D eigenvalue weighted by Crippen LogP contribution is -2.29. The van der Waals surface area contributed by atoms with Crippen LogP contribution in [-0.2, 0) is 13.1 Å². The van der Waals surface area contributed by atoms with Gasteiger partial charge < -0.3 is 5.32 Å². The van der Waals surface area contributed by atoms with E-state index >= 15 is 0 Å². The average Bonchev–Trinajstić information content (AvgIpc) is 2.75. The number of nitrogens with zero attached hydrogens (tertiary/aromatic N) is 1. The fourth-order valence-electron chi connectivity index (χ4n) is 1.91. The van der Waals surface area contributed by atoms with Gasteiger partial charge in [-0.3, -0.25) is 4.90 Å². The Labute approximate surface area is 122 Å². The van der Waals surface area contributed by atoms with Gasteiger partial charge in [-0.1, -0.05) is 19.9 Å². The van der Waals surface area contributed by atoms with Crippen molar-refractivity contribution in [3.8, 4) is 0 Å². The Kier molecular flexibility index (Phi) is 7.36. The smallest absolute Gasteiger partial charge is 0.0334 e. The lowest BCUT2D eigenvalue weighted by atomic mass is 10.2. The normalized spacial score (nSPS) is 11.7. The molecule has 0 aliphatic rings. The van der Waals surface area contributed by atoms with E-state index in [2.05, 4.69) is 56.6 Å². The van der Waals surface area contributed by atoms with Crippen LogP contribution in [0.15, 0.2) is 24.8 Å². The molecule has 0 aliphatic heterocycles. The highest BCUT2D eigenvalue weighted by Gasteiger charge is 2.10. The van der Waals surface area contributed by atoms with E-state index in [9.17, 15) is 0 Å². The third kappa shape index (κ3) is 6.37. The summed E-state index contributed by atoms with van der Waals surface area (Å²) in [5.41, 5.74) is 0. The molecule has 0 atom stereocenters. The second-order valence-electron chi connectivity index (χ2n) is 5.70. The fourth-order valence-corrected chi connectivity index (χ4v) is 2.92. The van der Waals surface area contributed by atoms with Gasteiger partial charge in [0, 0.05) is 35.4 Å². The van der Waals surface area contributed by atoms with E-state index in [1.165, 1.54) is 9.75 Å². The molecule has 108 valence electrons. The van der Waals surface area contributed by atoms with Crippen LogP contribution in [0.5, 0.6) is 0 Å². The zero-order valence-electron chi connectivity index (χ0n) is 12.8. The van der Waals surface area contributed by atoms with E-state index in [1.54, 1.807) is 0 Å². The molecular formula is C16H28N2S. The van der Waals surface area contributed by atoms with Gasteiger partial charge in [0.05, 0.1) is 0 Å². The van der Waals surface area contributed by atoms with Crippen molar-refractivity contribution in [3.05, 3.63) is 34.5 Å². The van der Waals surface area contributed by atoms with Crippen molar-refractivity contribution in [2.45, 2.75) is 46.8 Å². The van der Waals surface area contributed by atoms with Gasteiger partial charge in [0.15, 0.2) is 0 Å². The van der Waals surface area contributed by atoms with Crippen LogP contribution >= 0.6 is 11.3 Å². The molecule has 1 aromatic heterocycles. The number of nitrogens with one attached hydrogen (secondary N) is 1. The zero-order chi connectivity index (χ0) is 14.3. The van der Waals surface area contributed by atoms with Crippen LogP contribution < -0.4 is 5.32 Å². The second-order valence-corrected chi connectivity index (χ2v) is 6.96. The number of hydrogen-bond acceptors (Lipinski definition) is 3. The topological polar surface area (TPSA) is 15.3 Å². The van der Waals surface area contributed by atoms with Gasteiger partial charge in [-0.15, -0.1) is 17.9 Å². The molecule has 0 aromatic carbocycles. The highest BCUT2D eigenvalue weighted by molar-refractivity contribution is 7.11.